The average molecular weight is 887 g/mol. The number of oxazole rings is 1. The number of hydrogen-bond donors (Lipinski definition) is 4. The zero-order valence-corrected chi connectivity index (χ0v) is 38.5. The predicted octanol–water partition coefficient (Wildman–Crippen LogP) is 8.27. The fourth-order valence-corrected chi connectivity index (χ4v) is 11.0. The maximum absolute atomic E-state index is 13.5. The zero-order valence-electron chi connectivity index (χ0n) is 35.9. The number of carbonyl (C=O) groups is 1. The molecule has 0 radical (unpaired) electrons. The molecule has 326 valence electrons. The molecule has 15 heteroatoms. The summed E-state index contributed by atoms with van der Waals surface area (Å²) in [5.74, 6) is -0.965. The summed E-state index contributed by atoms with van der Waals surface area (Å²) in [6.07, 6.45) is 4.10. The number of aliphatic hydroxyl groups is 1. The van der Waals surface area contributed by atoms with Gasteiger partial charge in [-0.1, -0.05) is 45.0 Å². The molecule has 6 aromatic rings. The standard InChI is InChI=1S/C46H58N4O8S2Si/c1-45(2,3)61(5,6)58-38(33-17-20-36(51)42-34(33)18-21-41(52)48-42)29-47-23-22-30-12-19-35-37(28-30)57-44(54)50(35)25-9-24-49(4)31-13-15-32(16-14-31)56-43(53)46(55,39-10-7-26-59-39)40-11-8-27-60-40/h7-8,10-12,17-21,26-28,31-32,38,47,51,55H,9,13-16,22-25,29H2,1-6H3,(H,48,52)/t31?,32?,38-/m0/s1. The summed E-state index contributed by atoms with van der Waals surface area (Å²) >= 11 is 2.68. The van der Waals surface area contributed by atoms with Crippen LogP contribution in [0, 0.1) is 0 Å². The number of thiophene rings is 2. The molecule has 61 heavy (non-hydrogen) atoms. The number of esters is 1. The number of phenols is 1. The van der Waals surface area contributed by atoms with Gasteiger partial charge in [0.25, 0.3) is 0 Å². The SMILES string of the molecule is CN(CCCn1c(=O)oc2cc(CCNC[C@H](O[Si](C)(C)C(C)(C)C)c3ccc(O)c4[nH]c(=O)ccc34)ccc21)C1CCC(OC(=O)C(O)(c2cccs2)c2cccs2)CC1. The monoisotopic (exact) mass is 886 g/mol. The molecular formula is C46H58N4O8S2Si. The second-order valence-corrected chi connectivity index (χ2v) is 24.4. The Balaban J connectivity index is 0.906. The molecule has 7 rings (SSSR count). The molecule has 0 unspecified atom stereocenters. The molecule has 0 aliphatic heterocycles. The summed E-state index contributed by atoms with van der Waals surface area (Å²) in [4.78, 5) is 44.8. The maximum atomic E-state index is 13.5. The van der Waals surface area contributed by atoms with Crippen molar-refractivity contribution in [1.82, 2.24) is 19.8 Å². The van der Waals surface area contributed by atoms with E-state index in [9.17, 15) is 24.6 Å². The minimum atomic E-state index is -2.22. The summed E-state index contributed by atoms with van der Waals surface area (Å²) < 4.78 is 20.3. The Bertz CT molecular complexity index is 2500. The molecule has 1 fully saturated rings. The van der Waals surface area contributed by atoms with Gasteiger partial charge in [0.2, 0.25) is 11.2 Å². The third-order valence-electron chi connectivity index (χ3n) is 12.6. The van der Waals surface area contributed by atoms with Crippen LogP contribution in [0.25, 0.3) is 22.0 Å². The van der Waals surface area contributed by atoms with Gasteiger partial charge in [0.05, 0.1) is 26.9 Å². The Labute approximate surface area is 365 Å². The second kappa shape index (κ2) is 18.6. The molecule has 1 aliphatic carbocycles. The number of nitrogens with one attached hydrogen (secondary N) is 2. The van der Waals surface area contributed by atoms with E-state index in [0.29, 0.717) is 53.0 Å². The summed E-state index contributed by atoms with van der Waals surface area (Å²) in [7, 11) is -0.109. The number of aromatic nitrogens is 2. The summed E-state index contributed by atoms with van der Waals surface area (Å²) in [6, 6.07) is 20.2. The van der Waals surface area contributed by atoms with Crippen LogP contribution in [0.2, 0.25) is 18.1 Å². The van der Waals surface area contributed by atoms with Crippen LogP contribution in [-0.4, -0.2) is 77.8 Å². The fraction of sp³-hybridized carbons (Fsp3) is 0.457. The van der Waals surface area contributed by atoms with E-state index in [1.165, 1.54) is 28.7 Å². The highest BCUT2D eigenvalue weighted by molar-refractivity contribution is 7.12. The van der Waals surface area contributed by atoms with E-state index in [4.69, 9.17) is 13.6 Å². The number of rotatable bonds is 17. The number of aromatic hydroxyl groups is 1. The lowest BCUT2D eigenvalue weighted by molar-refractivity contribution is -0.169. The first-order valence-corrected chi connectivity index (χ1v) is 25.8. The number of aryl methyl sites for hydroxylation is 1. The molecule has 1 aliphatic rings. The van der Waals surface area contributed by atoms with Crippen LogP contribution in [0.5, 0.6) is 5.75 Å². The van der Waals surface area contributed by atoms with E-state index in [1.54, 1.807) is 28.8 Å². The maximum Gasteiger partial charge on any atom is 0.419 e. The Kier molecular flexibility index (Phi) is 13.6. The van der Waals surface area contributed by atoms with E-state index in [2.05, 4.69) is 56.1 Å². The van der Waals surface area contributed by atoms with Gasteiger partial charge in [-0.2, -0.15) is 0 Å². The highest BCUT2D eigenvalue weighted by atomic mass is 32.1. The molecule has 4 aromatic heterocycles. The van der Waals surface area contributed by atoms with Crippen molar-refractivity contribution in [2.24, 2.45) is 0 Å². The highest BCUT2D eigenvalue weighted by Gasteiger charge is 2.45. The largest absolute Gasteiger partial charge is 0.506 e. The van der Waals surface area contributed by atoms with E-state index in [0.717, 1.165) is 60.7 Å². The first-order chi connectivity index (χ1) is 29.0. The third-order valence-corrected chi connectivity index (χ3v) is 19.1. The van der Waals surface area contributed by atoms with Crippen molar-refractivity contribution in [1.29, 1.82) is 0 Å². The van der Waals surface area contributed by atoms with Crippen LogP contribution in [0.1, 0.15) is 79.9 Å². The van der Waals surface area contributed by atoms with Crippen molar-refractivity contribution in [2.45, 2.75) is 108 Å². The van der Waals surface area contributed by atoms with Crippen LogP contribution in [0.4, 0.5) is 0 Å². The normalized spacial score (nSPS) is 17.0. The van der Waals surface area contributed by atoms with Gasteiger partial charge in [-0.05, 0) is 135 Å². The van der Waals surface area contributed by atoms with Crippen LogP contribution < -0.4 is 16.6 Å². The lowest BCUT2D eigenvalue weighted by atomic mass is 9.91. The summed E-state index contributed by atoms with van der Waals surface area (Å²) in [5, 5.41) is 30.2. The molecular weight excluding hydrogens is 829 g/mol. The summed E-state index contributed by atoms with van der Waals surface area (Å²) in [5.41, 5.74) is 1.61. The number of ether oxygens (including phenoxy) is 1. The summed E-state index contributed by atoms with van der Waals surface area (Å²) in [6.45, 7) is 13.6. The molecule has 0 bridgehead atoms. The average Bonchev–Trinajstić information content (AvgIpc) is 4.02. The molecule has 0 amide bonds. The quantitative estimate of drug-likeness (QED) is 0.0399. The molecule has 0 spiro atoms. The van der Waals surface area contributed by atoms with Gasteiger partial charge in [0, 0.05) is 30.6 Å². The van der Waals surface area contributed by atoms with Crippen molar-refractivity contribution >= 4 is 59.0 Å². The minimum absolute atomic E-state index is 0.0195. The van der Waals surface area contributed by atoms with Crippen molar-refractivity contribution < 1.29 is 28.6 Å². The number of H-pyrrole nitrogens is 1. The van der Waals surface area contributed by atoms with Crippen molar-refractivity contribution in [3.63, 3.8) is 0 Å². The Morgan fingerprint density at radius 1 is 1.02 bits per heavy atom. The minimum Gasteiger partial charge on any atom is -0.506 e. The number of aromatic amines is 1. The topological polar surface area (TPSA) is 159 Å². The molecule has 4 N–H and O–H groups in total. The van der Waals surface area contributed by atoms with Gasteiger partial charge < -0.3 is 39.0 Å². The second-order valence-electron chi connectivity index (χ2n) is 17.8. The first kappa shape index (κ1) is 44.7. The first-order valence-electron chi connectivity index (χ1n) is 21.1. The van der Waals surface area contributed by atoms with E-state index >= 15 is 0 Å². The number of phenolic OH excluding ortho intramolecular Hbond substituents is 1. The van der Waals surface area contributed by atoms with Crippen molar-refractivity contribution in [3.05, 3.63) is 119 Å². The number of carbonyl (C=O) groups excluding carboxylic acids is 1. The highest BCUT2D eigenvalue weighted by Crippen LogP contribution is 2.42. The van der Waals surface area contributed by atoms with E-state index in [-0.39, 0.29) is 34.3 Å². The molecule has 1 atom stereocenters. The molecule has 1 saturated carbocycles. The van der Waals surface area contributed by atoms with E-state index in [1.807, 2.05) is 47.2 Å². The van der Waals surface area contributed by atoms with Gasteiger partial charge in [0.1, 0.15) is 11.9 Å². The Morgan fingerprint density at radius 3 is 2.38 bits per heavy atom. The van der Waals surface area contributed by atoms with Crippen molar-refractivity contribution in [3.8, 4) is 5.75 Å². The van der Waals surface area contributed by atoms with Gasteiger partial charge in [-0.25, -0.2) is 9.59 Å². The smallest absolute Gasteiger partial charge is 0.419 e. The van der Waals surface area contributed by atoms with Gasteiger partial charge >= 0.3 is 11.7 Å². The molecule has 2 aromatic carbocycles. The third kappa shape index (κ3) is 9.83. The number of fused-ring (bicyclic) bond motifs is 2. The Hall–Kier alpha value is -4.35. The van der Waals surface area contributed by atoms with Crippen LogP contribution in [-0.2, 0) is 32.5 Å². The number of nitrogens with zero attached hydrogens (tertiary/aromatic N) is 2. The lowest BCUT2D eigenvalue weighted by Crippen LogP contribution is -2.43. The fourth-order valence-electron chi connectivity index (χ4n) is 8.02. The van der Waals surface area contributed by atoms with Crippen LogP contribution >= 0.6 is 22.7 Å². The molecule has 12 nitrogen and oxygen atoms in total. The van der Waals surface area contributed by atoms with E-state index < -0.39 is 19.9 Å². The van der Waals surface area contributed by atoms with Gasteiger partial charge in [-0.15, -0.1) is 22.7 Å². The van der Waals surface area contributed by atoms with Crippen molar-refractivity contribution in [2.75, 3.05) is 26.7 Å². The number of pyridine rings is 1. The van der Waals surface area contributed by atoms with Gasteiger partial charge in [0.15, 0.2) is 13.9 Å². The number of hydrogen-bond acceptors (Lipinski definition) is 12. The lowest BCUT2D eigenvalue weighted by Gasteiger charge is -2.39. The zero-order chi connectivity index (χ0) is 43.5. The van der Waals surface area contributed by atoms with Crippen LogP contribution in [0.3, 0.4) is 0 Å². The van der Waals surface area contributed by atoms with Gasteiger partial charge in [-0.3, -0.25) is 9.36 Å². The predicted molar refractivity (Wildman–Crippen MR) is 245 cm³/mol. The molecule has 4 heterocycles. The van der Waals surface area contributed by atoms with Crippen LogP contribution in [0.15, 0.2) is 91.5 Å². The number of benzene rings is 2. The molecule has 0 saturated heterocycles. The Morgan fingerprint density at radius 2 is 1.72 bits per heavy atom.